The van der Waals surface area contributed by atoms with Gasteiger partial charge in [0.15, 0.2) is 0 Å². The average Bonchev–Trinajstić information content (AvgIpc) is 3.13. The largest absolute Gasteiger partial charge is 0.335 e. The lowest BCUT2D eigenvalue weighted by molar-refractivity contribution is -0.131. The molecule has 1 saturated heterocycles. The molecule has 1 aliphatic carbocycles. The second-order valence-electron chi connectivity index (χ2n) is 5.73. The molecule has 20 heavy (non-hydrogen) atoms. The molecular formula is C16H23ClN2O. The quantitative estimate of drug-likeness (QED) is 0.906. The van der Waals surface area contributed by atoms with E-state index >= 15 is 0 Å². The van der Waals surface area contributed by atoms with E-state index in [1.807, 2.05) is 6.07 Å². The van der Waals surface area contributed by atoms with Gasteiger partial charge in [-0.2, -0.15) is 0 Å². The fourth-order valence-electron chi connectivity index (χ4n) is 2.89. The van der Waals surface area contributed by atoms with Crippen molar-refractivity contribution in [2.24, 2.45) is 5.92 Å². The van der Waals surface area contributed by atoms with Crippen LogP contribution in [0.4, 0.5) is 0 Å². The van der Waals surface area contributed by atoms with Crippen molar-refractivity contribution < 1.29 is 4.79 Å². The lowest BCUT2D eigenvalue weighted by Crippen LogP contribution is -2.38. The molecule has 2 fully saturated rings. The van der Waals surface area contributed by atoms with Crippen LogP contribution in [-0.4, -0.2) is 30.4 Å². The van der Waals surface area contributed by atoms with Crippen LogP contribution in [0.3, 0.4) is 0 Å². The molecule has 4 heteroatoms. The molecule has 1 atom stereocenters. The van der Waals surface area contributed by atoms with Crippen LogP contribution >= 0.6 is 12.4 Å². The molecule has 1 N–H and O–H groups in total. The maximum absolute atomic E-state index is 12.3. The van der Waals surface area contributed by atoms with Gasteiger partial charge in [0.1, 0.15) is 0 Å². The SMILES string of the molecule is Cl.O=C(CNCC1CC1)N1CCCC1c1ccccc1. The summed E-state index contributed by atoms with van der Waals surface area (Å²) in [4.78, 5) is 14.3. The predicted molar refractivity (Wildman–Crippen MR) is 83.0 cm³/mol. The Labute approximate surface area is 127 Å². The molecule has 0 radical (unpaired) electrons. The zero-order chi connectivity index (χ0) is 13.1. The molecule has 3 rings (SSSR count). The number of carbonyl (C=O) groups excluding carboxylic acids is 1. The molecular weight excluding hydrogens is 272 g/mol. The molecule has 110 valence electrons. The number of nitrogens with one attached hydrogen (secondary N) is 1. The van der Waals surface area contributed by atoms with Crippen LogP contribution in [0, 0.1) is 5.92 Å². The van der Waals surface area contributed by atoms with Crippen molar-refractivity contribution in [3.8, 4) is 0 Å². The summed E-state index contributed by atoms with van der Waals surface area (Å²) in [5.41, 5.74) is 1.27. The molecule has 3 nitrogen and oxygen atoms in total. The normalized spacial score (nSPS) is 21.6. The first-order chi connectivity index (χ1) is 9.34. The van der Waals surface area contributed by atoms with Crippen molar-refractivity contribution in [3.63, 3.8) is 0 Å². The van der Waals surface area contributed by atoms with E-state index in [2.05, 4.69) is 34.5 Å². The van der Waals surface area contributed by atoms with Crippen molar-refractivity contribution in [3.05, 3.63) is 35.9 Å². The molecule has 1 unspecified atom stereocenters. The van der Waals surface area contributed by atoms with E-state index in [9.17, 15) is 4.79 Å². The van der Waals surface area contributed by atoms with E-state index in [1.165, 1.54) is 18.4 Å². The van der Waals surface area contributed by atoms with Gasteiger partial charge < -0.3 is 10.2 Å². The number of carbonyl (C=O) groups is 1. The number of halogens is 1. The van der Waals surface area contributed by atoms with Crippen LogP contribution < -0.4 is 5.32 Å². The zero-order valence-electron chi connectivity index (χ0n) is 11.8. The summed E-state index contributed by atoms with van der Waals surface area (Å²) < 4.78 is 0. The van der Waals surface area contributed by atoms with Gasteiger partial charge in [-0.15, -0.1) is 12.4 Å². The molecule has 0 aromatic heterocycles. The van der Waals surface area contributed by atoms with Gasteiger partial charge in [0.2, 0.25) is 5.91 Å². The summed E-state index contributed by atoms with van der Waals surface area (Å²) in [5.74, 6) is 1.09. The standard InChI is InChI=1S/C16H22N2O.ClH/c19-16(12-17-11-13-8-9-13)18-10-4-7-15(18)14-5-2-1-3-6-14;/h1-3,5-6,13,15,17H,4,7-12H2;1H. The number of hydrogen-bond donors (Lipinski definition) is 1. The van der Waals surface area contributed by atoms with Gasteiger partial charge in [-0.05, 0) is 43.7 Å². The summed E-state index contributed by atoms with van der Waals surface area (Å²) in [6.07, 6.45) is 4.88. The first-order valence-electron chi connectivity index (χ1n) is 7.40. The fraction of sp³-hybridized carbons (Fsp3) is 0.562. The number of nitrogens with zero attached hydrogens (tertiary/aromatic N) is 1. The van der Waals surface area contributed by atoms with E-state index in [1.54, 1.807) is 0 Å². The van der Waals surface area contributed by atoms with Crippen LogP contribution in [0.15, 0.2) is 30.3 Å². The van der Waals surface area contributed by atoms with Gasteiger partial charge in [-0.25, -0.2) is 0 Å². The van der Waals surface area contributed by atoms with Gasteiger partial charge >= 0.3 is 0 Å². The highest BCUT2D eigenvalue weighted by Crippen LogP contribution is 2.31. The Morgan fingerprint density at radius 1 is 1.20 bits per heavy atom. The Bertz CT molecular complexity index is 433. The van der Waals surface area contributed by atoms with Crippen LogP contribution in [0.5, 0.6) is 0 Å². The van der Waals surface area contributed by atoms with Gasteiger partial charge in [-0.1, -0.05) is 30.3 Å². The molecule has 1 heterocycles. The Morgan fingerprint density at radius 2 is 1.95 bits per heavy atom. The molecule has 1 aliphatic heterocycles. The van der Waals surface area contributed by atoms with Crippen molar-refractivity contribution in [1.29, 1.82) is 0 Å². The summed E-state index contributed by atoms with van der Waals surface area (Å²) in [6, 6.07) is 10.7. The second kappa shape index (κ2) is 7.09. The molecule has 0 spiro atoms. The van der Waals surface area contributed by atoms with Gasteiger partial charge in [-0.3, -0.25) is 4.79 Å². The summed E-state index contributed by atoms with van der Waals surface area (Å²) in [5, 5.41) is 3.30. The van der Waals surface area contributed by atoms with E-state index in [-0.39, 0.29) is 24.4 Å². The Hall–Kier alpha value is -1.06. The fourth-order valence-corrected chi connectivity index (χ4v) is 2.89. The minimum Gasteiger partial charge on any atom is -0.335 e. The third-order valence-corrected chi connectivity index (χ3v) is 4.16. The number of likely N-dealkylation sites (tertiary alicyclic amines) is 1. The van der Waals surface area contributed by atoms with Gasteiger partial charge in [0, 0.05) is 6.54 Å². The number of amides is 1. The van der Waals surface area contributed by atoms with Crippen molar-refractivity contribution in [2.75, 3.05) is 19.6 Å². The molecule has 1 aromatic carbocycles. The minimum atomic E-state index is 0. The highest BCUT2D eigenvalue weighted by Gasteiger charge is 2.29. The van der Waals surface area contributed by atoms with E-state index < -0.39 is 0 Å². The molecule has 0 bridgehead atoms. The lowest BCUT2D eigenvalue weighted by Gasteiger charge is -2.25. The summed E-state index contributed by atoms with van der Waals surface area (Å²) in [7, 11) is 0. The highest BCUT2D eigenvalue weighted by molar-refractivity contribution is 5.85. The monoisotopic (exact) mass is 294 g/mol. The molecule has 1 amide bonds. The lowest BCUT2D eigenvalue weighted by atomic mass is 10.0. The third-order valence-electron chi connectivity index (χ3n) is 4.16. The highest BCUT2D eigenvalue weighted by atomic mass is 35.5. The predicted octanol–water partition coefficient (Wildman–Crippen LogP) is 2.77. The Balaban J connectivity index is 0.00000147. The van der Waals surface area contributed by atoms with Crippen molar-refractivity contribution in [1.82, 2.24) is 10.2 Å². The van der Waals surface area contributed by atoms with Crippen molar-refractivity contribution >= 4 is 18.3 Å². The Kier molecular flexibility index (Phi) is 5.44. The van der Waals surface area contributed by atoms with Crippen LogP contribution in [0.1, 0.15) is 37.3 Å². The van der Waals surface area contributed by atoms with E-state index in [4.69, 9.17) is 0 Å². The van der Waals surface area contributed by atoms with E-state index in [0.29, 0.717) is 6.54 Å². The van der Waals surface area contributed by atoms with Crippen LogP contribution in [-0.2, 0) is 4.79 Å². The summed E-state index contributed by atoms with van der Waals surface area (Å²) in [6.45, 7) is 2.42. The number of rotatable bonds is 5. The number of benzene rings is 1. The van der Waals surface area contributed by atoms with E-state index in [0.717, 1.165) is 31.8 Å². The van der Waals surface area contributed by atoms with Crippen molar-refractivity contribution in [2.45, 2.75) is 31.7 Å². The first kappa shape index (κ1) is 15.3. The summed E-state index contributed by atoms with van der Waals surface area (Å²) >= 11 is 0. The number of hydrogen-bond acceptors (Lipinski definition) is 2. The Morgan fingerprint density at radius 3 is 2.65 bits per heavy atom. The minimum absolute atomic E-state index is 0. The second-order valence-corrected chi connectivity index (χ2v) is 5.73. The molecule has 2 aliphatic rings. The maximum Gasteiger partial charge on any atom is 0.237 e. The third kappa shape index (κ3) is 3.74. The molecule has 1 saturated carbocycles. The van der Waals surface area contributed by atoms with Crippen LogP contribution in [0.25, 0.3) is 0 Å². The topological polar surface area (TPSA) is 32.3 Å². The first-order valence-corrected chi connectivity index (χ1v) is 7.40. The van der Waals surface area contributed by atoms with Gasteiger partial charge in [0.05, 0.1) is 12.6 Å². The zero-order valence-corrected chi connectivity index (χ0v) is 12.6. The maximum atomic E-state index is 12.3. The average molecular weight is 295 g/mol. The smallest absolute Gasteiger partial charge is 0.237 e. The van der Waals surface area contributed by atoms with Gasteiger partial charge in [0.25, 0.3) is 0 Å². The molecule has 1 aromatic rings. The van der Waals surface area contributed by atoms with Crippen LogP contribution in [0.2, 0.25) is 0 Å².